The van der Waals surface area contributed by atoms with Crippen LogP contribution in [-0.2, 0) is 0 Å². The number of rotatable bonds is 1. The number of carbonyl (C=O) groups excluding carboxylic acids is 1. The van der Waals surface area contributed by atoms with Gasteiger partial charge in [-0.1, -0.05) is 15.9 Å². The molecular formula is C9H9BrO2. The van der Waals surface area contributed by atoms with Crippen molar-refractivity contribution in [2.24, 2.45) is 0 Å². The van der Waals surface area contributed by atoms with Crippen molar-refractivity contribution < 1.29 is 9.90 Å². The second kappa shape index (κ2) is 3.27. The predicted molar refractivity (Wildman–Crippen MR) is 50.7 cm³/mol. The Hall–Kier alpha value is -0.830. The lowest BCUT2D eigenvalue weighted by atomic mass is 10.1. The van der Waals surface area contributed by atoms with Crippen molar-refractivity contribution in [3.05, 3.63) is 27.2 Å². The summed E-state index contributed by atoms with van der Waals surface area (Å²) in [6.45, 7) is 3.66. The van der Waals surface area contributed by atoms with E-state index < -0.39 is 0 Å². The number of phenolic OH excluding ortho intramolecular Hbond substituents is 1. The first-order chi connectivity index (χ1) is 5.57. The van der Waals surface area contributed by atoms with E-state index in [2.05, 4.69) is 15.9 Å². The van der Waals surface area contributed by atoms with E-state index in [-0.39, 0.29) is 5.75 Å². The highest BCUT2D eigenvalue weighted by Crippen LogP contribution is 2.29. The zero-order valence-corrected chi connectivity index (χ0v) is 8.47. The van der Waals surface area contributed by atoms with Crippen molar-refractivity contribution in [3.8, 4) is 5.75 Å². The lowest BCUT2D eigenvalue weighted by Gasteiger charge is -2.07. The first kappa shape index (κ1) is 9.26. The maximum absolute atomic E-state index is 10.5. The summed E-state index contributed by atoms with van der Waals surface area (Å²) in [6, 6.07) is 1.62. The van der Waals surface area contributed by atoms with E-state index >= 15 is 0 Å². The molecule has 1 aromatic carbocycles. The van der Waals surface area contributed by atoms with Gasteiger partial charge < -0.3 is 5.11 Å². The van der Waals surface area contributed by atoms with E-state index in [1.807, 2.05) is 6.92 Å². The van der Waals surface area contributed by atoms with Gasteiger partial charge in [0.05, 0.1) is 5.56 Å². The largest absolute Gasteiger partial charge is 0.507 e. The molecule has 0 saturated carbocycles. The molecule has 0 fully saturated rings. The molecule has 0 amide bonds. The van der Waals surface area contributed by atoms with Gasteiger partial charge in [-0.05, 0) is 31.0 Å². The molecular weight excluding hydrogens is 220 g/mol. The van der Waals surface area contributed by atoms with Crippen LogP contribution in [0.5, 0.6) is 5.75 Å². The third-order valence-corrected chi connectivity index (χ3v) is 2.78. The molecule has 0 aromatic heterocycles. The molecule has 64 valence electrons. The standard InChI is InChI=1S/C9H9BrO2/c1-5-6(2)9(12)7(4-11)3-8(5)10/h3-4,12H,1-2H3. The van der Waals surface area contributed by atoms with Crippen LogP contribution in [0.1, 0.15) is 21.5 Å². The molecule has 0 aliphatic rings. The topological polar surface area (TPSA) is 37.3 Å². The van der Waals surface area contributed by atoms with E-state index in [0.29, 0.717) is 11.8 Å². The highest BCUT2D eigenvalue weighted by molar-refractivity contribution is 9.10. The van der Waals surface area contributed by atoms with Crippen LogP contribution in [0.25, 0.3) is 0 Å². The van der Waals surface area contributed by atoms with Crippen LogP contribution in [-0.4, -0.2) is 11.4 Å². The SMILES string of the molecule is Cc1c(Br)cc(C=O)c(O)c1C. The highest BCUT2D eigenvalue weighted by Gasteiger charge is 2.08. The van der Waals surface area contributed by atoms with Gasteiger partial charge >= 0.3 is 0 Å². The first-order valence-electron chi connectivity index (χ1n) is 3.51. The molecule has 1 N–H and O–H groups in total. The molecule has 0 radical (unpaired) electrons. The number of phenols is 1. The zero-order valence-electron chi connectivity index (χ0n) is 6.89. The van der Waals surface area contributed by atoms with Gasteiger partial charge in [0.1, 0.15) is 5.75 Å². The van der Waals surface area contributed by atoms with Gasteiger partial charge in [-0.2, -0.15) is 0 Å². The molecule has 0 heterocycles. The van der Waals surface area contributed by atoms with E-state index in [4.69, 9.17) is 0 Å². The van der Waals surface area contributed by atoms with Gasteiger partial charge in [0.25, 0.3) is 0 Å². The molecule has 3 heteroatoms. The fourth-order valence-electron chi connectivity index (χ4n) is 0.976. The number of benzene rings is 1. The first-order valence-corrected chi connectivity index (χ1v) is 4.31. The van der Waals surface area contributed by atoms with Crippen molar-refractivity contribution in [1.82, 2.24) is 0 Å². The number of halogens is 1. The Kier molecular flexibility index (Phi) is 2.52. The molecule has 0 aliphatic heterocycles. The summed E-state index contributed by atoms with van der Waals surface area (Å²) in [5.41, 5.74) is 2.02. The summed E-state index contributed by atoms with van der Waals surface area (Å²) >= 11 is 3.30. The van der Waals surface area contributed by atoms with Gasteiger partial charge in [-0.3, -0.25) is 4.79 Å². The molecule has 1 aromatic rings. The molecule has 2 nitrogen and oxygen atoms in total. The van der Waals surface area contributed by atoms with Gasteiger partial charge in [0.2, 0.25) is 0 Å². The van der Waals surface area contributed by atoms with E-state index in [1.165, 1.54) is 0 Å². The van der Waals surface area contributed by atoms with Crippen LogP contribution >= 0.6 is 15.9 Å². The average molecular weight is 229 g/mol. The van der Waals surface area contributed by atoms with Crippen LogP contribution in [0.3, 0.4) is 0 Å². The summed E-state index contributed by atoms with van der Waals surface area (Å²) in [7, 11) is 0. The third-order valence-electron chi connectivity index (χ3n) is 1.96. The van der Waals surface area contributed by atoms with Crippen LogP contribution in [0.4, 0.5) is 0 Å². The van der Waals surface area contributed by atoms with E-state index in [1.54, 1.807) is 13.0 Å². The van der Waals surface area contributed by atoms with Crippen LogP contribution in [0, 0.1) is 13.8 Å². The lowest BCUT2D eigenvalue weighted by Crippen LogP contribution is -1.89. The molecule has 0 aliphatic carbocycles. The Morgan fingerprint density at radius 2 is 2.00 bits per heavy atom. The summed E-state index contributed by atoms with van der Waals surface area (Å²) in [6.07, 6.45) is 0.645. The minimum atomic E-state index is 0.0747. The normalized spacial score (nSPS) is 9.92. The van der Waals surface area contributed by atoms with Crippen LogP contribution in [0.2, 0.25) is 0 Å². The molecule has 0 spiro atoms. The number of aromatic hydroxyl groups is 1. The molecule has 0 saturated heterocycles. The van der Waals surface area contributed by atoms with Gasteiger partial charge in [0.15, 0.2) is 6.29 Å². The monoisotopic (exact) mass is 228 g/mol. The Morgan fingerprint density at radius 1 is 1.42 bits per heavy atom. The molecule has 1 rings (SSSR count). The van der Waals surface area contributed by atoms with Gasteiger partial charge in [0, 0.05) is 4.47 Å². The summed E-state index contributed by atoms with van der Waals surface area (Å²) in [5, 5.41) is 9.45. The summed E-state index contributed by atoms with van der Waals surface area (Å²) in [4.78, 5) is 10.5. The second-order valence-electron chi connectivity index (χ2n) is 2.66. The number of aldehydes is 1. The average Bonchev–Trinajstić information content (AvgIpc) is 2.08. The van der Waals surface area contributed by atoms with Gasteiger partial charge in [-0.15, -0.1) is 0 Å². The van der Waals surface area contributed by atoms with Crippen molar-refractivity contribution in [3.63, 3.8) is 0 Å². The van der Waals surface area contributed by atoms with E-state index in [0.717, 1.165) is 15.6 Å². The fourth-order valence-corrected chi connectivity index (χ4v) is 1.52. The Bertz CT molecular complexity index is 332. The molecule has 12 heavy (non-hydrogen) atoms. The molecule has 0 unspecified atom stereocenters. The molecule has 0 bridgehead atoms. The highest BCUT2D eigenvalue weighted by atomic mass is 79.9. The lowest BCUT2D eigenvalue weighted by molar-refractivity contribution is 0.112. The van der Waals surface area contributed by atoms with Gasteiger partial charge in [-0.25, -0.2) is 0 Å². The Morgan fingerprint density at radius 3 is 2.50 bits per heavy atom. The van der Waals surface area contributed by atoms with Crippen molar-refractivity contribution in [1.29, 1.82) is 0 Å². The third kappa shape index (κ3) is 1.37. The maximum Gasteiger partial charge on any atom is 0.153 e. The predicted octanol–water partition coefficient (Wildman–Crippen LogP) is 2.58. The van der Waals surface area contributed by atoms with E-state index in [9.17, 15) is 9.90 Å². The Labute approximate surface area is 79.3 Å². The minimum Gasteiger partial charge on any atom is -0.507 e. The Balaban J connectivity index is 3.49. The van der Waals surface area contributed by atoms with Crippen molar-refractivity contribution in [2.75, 3.05) is 0 Å². The fraction of sp³-hybridized carbons (Fsp3) is 0.222. The van der Waals surface area contributed by atoms with Crippen LogP contribution in [0.15, 0.2) is 10.5 Å². The summed E-state index contributed by atoms with van der Waals surface area (Å²) in [5.74, 6) is 0.0747. The number of hydrogen-bond donors (Lipinski definition) is 1. The summed E-state index contributed by atoms with van der Waals surface area (Å²) < 4.78 is 0.847. The smallest absolute Gasteiger partial charge is 0.153 e. The maximum atomic E-state index is 10.5. The minimum absolute atomic E-state index is 0.0747. The molecule has 0 atom stereocenters. The number of hydrogen-bond acceptors (Lipinski definition) is 2. The van der Waals surface area contributed by atoms with Crippen molar-refractivity contribution in [2.45, 2.75) is 13.8 Å². The second-order valence-corrected chi connectivity index (χ2v) is 3.52. The number of carbonyl (C=O) groups is 1. The van der Waals surface area contributed by atoms with Crippen molar-refractivity contribution >= 4 is 22.2 Å². The quantitative estimate of drug-likeness (QED) is 0.751. The van der Waals surface area contributed by atoms with Crippen LogP contribution < -0.4 is 0 Å². The zero-order chi connectivity index (χ0) is 9.30.